The summed E-state index contributed by atoms with van der Waals surface area (Å²) in [4.78, 5) is 0. The summed E-state index contributed by atoms with van der Waals surface area (Å²) in [5.41, 5.74) is 6.91. The van der Waals surface area contributed by atoms with Crippen LogP contribution in [0.2, 0.25) is 0 Å². The molecule has 1 aliphatic heterocycles. The van der Waals surface area contributed by atoms with Crippen LogP contribution in [-0.2, 0) is 12.8 Å². The Bertz CT molecular complexity index is 803. The molecule has 0 saturated carbocycles. The van der Waals surface area contributed by atoms with E-state index in [0.717, 1.165) is 24.0 Å². The summed E-state index contributed by atoms with van der Waals surface area (Å²) >= 11 is 1.33. The van der Waals surface area contributed by atoms with Gasteiger partial charge in [0.2, 0.25) is 0 Å². The maximum atomic E-state index is 10.6. The molecule has 0 amide bonds. The van der Waals surface area contributed by atoms with Gasteiger partial charge in [0.15, 0.2) is 0 Å². The van der Waals surface area contributed by atoms with Crippen LogP contribution in [0, 0.1) is 13.8 Å². The monoisotopic (exact) mass is 402 g/mol. The molecule has 5 atom stereocenters. The summed E-state index contributed by atoms with van der Waals surface area (Å²) in [6.45, 7) is 5.99. The third-order valence-electron chi connectivity index (χ3n) is 5.75. The maximum Gasteiger partial charge on any atom is 0.108 e. The molecule has 0 aromatic heterocycles. The fraction of sp³-hybridized carbons (Fsp3) is 0.478. The van der Waals surface area contributed by atoms with Crippen LogP contribution in [-0.4, -0.2) is 50.6 Å². The van der Waals surface area contributed by atoms with Gasteiger partial charge >= 0.3 is 0 Å². The summed E-state index contributed by atoms with van der Waals surface area (Å²) in [6, 6.07) is 12.9. The van der Waals surface area contributed by atoms with Gasteiger partial charge in [-0.1, -0.05) is 43.3 Å². The molecular weight excluding hydrogens is 372 g/mol. The minimum absolute atomic E-state index is 0.242. The maximum absolute atomic E-state index is 10.6. The summed E-state index contributed by atoms with van der Waals surface area (Å²) in [5.74, 6) is 0. The second-order valence-corrected chi connectivity index (χ2v) is 9.12. The summed E-state index contributed by atoms with van der Waals surface area (Å²) < 4.78 is 0. The SMILES string of the molecule is CCc1ccc(Cc2cc([C@@H]3S[C@H](CO)[C@@H](O)[C@H](O)[C@H]3O)c(C)cc2C)cc1. The van der Waals surface area contributed by atoms with Crippen molar-refractivity contribution in [2.75, 3.05) is 6.61 Å². The average Bonchev–Trinajstić information content (AvgIpc) is 2.69. The van der Waals surface area contributed by atoms with E-state index < -0.39 is 28.8 Å². The van der Waals surface area contributed by atoms with Gasteiger partial charge < -0.3 is 20.4 Å². The van der Waals surface area contributed by atoms with Crippen molar-refractivity contribution in [1.82, 2.24) is 0 Å². The van der Waals surface area contributed by atoms with Crippen molar-refractivity contribution in [3.63, 3.8) is 0 Å². The predicted octanol–water partition coefficient (Wildman–Crippen LogP) is 2.69. The van der Waals surface area contributed by atoms with E-state index in [4.69, 9.17) is 0 Å². The number of hydrogen-bond acceptors (Lipinski definition) is 5. The van der Waals surface area contributed by atoms with Gasteiger partial charge in [-0.05, 0) is 60.1 Å². The molecule has 1 fully saturated rings. The Morgan fingerprint density at radius 3 is 2.11 bits per heavy atom. The zero-order valence-corrected chi connectivity index (χ0v) is 17.5. The van der Waals surface area contributed by atoms with Crippen LogP contribution in [0.4, 0.5) is 0 Å². The van der Waals surface area contributed by atoms with Crippen molar-refractivity contribution in [2.24, 2.45) is 0 Å². The topological polar surface area (TPSA) is 80.9 Å². The van der Waals surface area contributed by atoms with Crippen LogP contribution in [0.25, 0.3) is 0 Å². The Hall–Kier alpha value is -1.37. The lowest BCUT2D eigenvalue weighted by atomic mass is 9.90. The van der Waals surface area contributed by atoms with Crippen molar-refractivity contribution < 1.29 is 20.4 Å². The van der Waals surface area contributed by atoms with Gasteiger partial charge in [0, 0.05) is 0 Å². The first-order valence-corrected chi connectivity index (χ1v) is 10.8. The van der Waals surface area contributed by atoms with Crippen LogP contribution in [0.5, 0.6) is 0 Å². The number of aliphatic hydroxyl groups is 4. The van der Waals surface area contributed by atoms with E-state index in [2.05, 4.69) is 50.2 Å². The largest absolute Gasteiger partial charge is 0.395 e. The zero-order chi connectivity index (χ0) is 20.4. The van der Waals surface area contributed by atoms with Gasteiger partial charge in [0.25, 0.3) is 0 Å². The van der Waals surface area contributed by atoms with Crippen molar-refractivity contribution in [3.05, 3.63) is 69.8 Å². The standard InChI is InChI=1S/C23H30O4S/c1-4-15-5-7-16(8-6-15)10-17-11-18(14(3)9-13(17)2)23-22(27)21(26)20(25)19(12-24)28-23/h5-9,11,19-27H,4,10,12H2,1-3H3/t19-,20-,21+,22-,23+/m1/s1. The summed E-state index contributed by atoms with van der Waals surface area (Å²) in [7, 11) is 0. The molecule has 4 nitrogen and oxygen atoms in total. The summed E-state index contributed by atoms with van der Waals surface area (Å²) in [5, 5.41) is 39.6. The van der Waals surface area contributed by atoms with Gasteiger partial charge in [-0.25, -0.2) is 0 Å². The van der Waals surface area contributed by atoms with Gasteiger partial charge in [-0.15, -0.1) is 11.8 Å². The van der Waals surface area contributed by atoms with E-state index in [1.54, 1.807) is 0 Å². The molecule has 1 aliphatic rings. The van der Waals surface area contributed by atoms with Crippen molar-refractivity contribution >= 4 is 11.8 Å². The molecule has 0 spiro atoms. The molecule has 2 aromatic rings. The molecule has 28 heavy (non-hydrogen) atoms. The second kappa shape index (κ2) is 8.97. The van der Waals surface area contributed by atoms with E-state index in [0.29, 0.717) is 0 Å². The minimum Gasteiger partial charge on any atom is -0.395 e. The third-order valence-corrected chi connectivity index (χ3v) is 7.35. The highest BCUT2D eigenvalue weighted by molar-refractivity contribution is 8.00. The first-order valence-electron chi connectivity index (χ1n) is 9.84. The lowest BCUT2D eigenvalue weighted by Crippen LogP contribution is -2.51. The Kier molecular flexibility index (Phi) is 6.84. The number of aryl methyl sites for hydroxylation is 3. The Morgan fingerprint density at radius 1 is 0.857 bits per heavy atom. The third kappa shape index (κ3) is 4.29. The molecule has 0 aliphatic carbocycles. The molecule has 152 valence electrons. The molecule has 3 rings (SSSR count). The molecular formula is C23H30O4S. The quantitative estimate of drug-likeness (QED) is 0.618. The Labute approximate surface area is 171 Å². The predicted molar refractivity (Wildman–Crippen MR) is 114 cm³/mol. The first kappa shape index (κ1) is 21.3. The number of hydrogen-bond donors (Lipinski definition) is 4. The van der Waals surface area contributed by atoms with Gasteiger partial charge in [0.05, 0.1) is 29.3 Å². The van der Waals surface area contributed by atoms with E-state index in [1.807, 2.05) is 6.92 Å². The average molecular weight is 403 g/mol. The van der Waals surface area contributed by atoms with E-state index >= 15 is 0 Å². The molecule has 0 unspecified atom stereocenters. The van der Waals surface area contributed by atoms with E-state index in [9.17, 15) is 20.4 Å². The Balaban J connectivity index is 1.92. The highest BCUT2D eigenvalue weighted by Gasteiger charge is 2.44. The first-order chi connectivity index (χ1) is 13.3. The molecule has 1 saturated heterocycles. The lowest BCUT2D eigenvalue weighted by molar-refractivity contribution is -0.0700. The smallest absolute Gasteiger partial charge is 0.108 e. The molecule has 2 aromatic carbocycles. The fourth-order valence-electron chi connectivity index (χ4n) is 3.88. The summed E-state index contributed by atoms with van der Waals surface area (Å²) in [6.07, 6.45) is -1.67. The fourth-order valence-corrected chi connectivity index (χ4v) is 5.39. The minimum atomic E-state index is -1.27. The van der Waals surface area contributed by atoms with Gasteiger partial charge in [-0.2, -0.15) is 0 Å². The van der Waals surface area contributed by atoms with Crippen LogP contribution in [0.15, 0.2) is 36.4 Å². The molecule has 1 heterocycles. The molecule has 0 bridgehead atoms. The van der Waals surface area contributed by atoms with Gasteiger partial charge in [-0.3, -0.25) is 0 Å². The number of thioether (sulfide) groups is 1. The molecule has 4 N–H and O–H groups in total. The number of benzene rings is 2. The number of rotatable bonds is 5. The van der Waals surface area contributed by atoms with Crippen LogP contribution >= 0.6 is 11.8 Å². The van der Waals surface area contributed by atoms with Crippen molar-refractivity contribution in [2.45, 2.75) is 62.4 Å². The highest BCUT2D eigenvalue weighted by Crippen LogP contribution is 2.44. The highest BCUT2D eigenvalue weighted by atomic mass is 32.2. The van der Waals surface area contributed by atoms with Crippen molar-refractivity contribution in [1.29, 1.82) is 0 Å². The van der Waals surface area contributed by atoms with Crippen LogP contribution < -0.4 is 0 Å². The zero-order valence-electron chi connectivity index (χ0n) is 16.7. The van der Waals surface area contributed by atoms with Crippen LogP contribution in [0.1, 0.15) is 45.6 Å². The molecule has 0 radical (unpaired) electrons. The normalized spacial score (nSPS) is 27.8. The van der Waals surface area contributed by atoms with Gasteiger partial charge in [0.1, 0.15) is 6.10 Å². The van der Waals surface area contributed by atoms with E-state index in [-0.39, 0.29) is 6.61 Å². The molecule has 5 heteroatoms. The number of aliphatic hydroxyl groups excluding tert-OH is 4. The Morgan fingerprint density at radius 2 is 1.50 bits per heavy atom. The van der Waals surface area contributed by atoms with E-state index in [1.165, 1.54) is 34.0 Å². The second-order valence-electron chi connectivity index (χ2n) is 7.73. The lowest BCUT2D eigenvalue weighted by Gasteiger charge is -2.40. The van der Waals surface area contributed by atoms with Crippen molar-refractivity contribution in [3.8, 4) is 0 Å². The van der Waals surface area contributed by atoms with Crippen LogP contribution in [0.3, 0.4) is 0 Å².